The molecule has 0 radical (unpaired) electrons. The van der Waals surface area contributed by atoms with Crippen LogP contribution in [0.15, 0.2) is 54.6 Å². The highest BCUT2D eigenvalue weighted by molar-refractivity contribution is 5.96. The Bertz CT molecular complexity index is 1040. The Morgan fingerprint density at radius 3 is 2.29 bits per heavy atom. The van der Waals surface area contributed by atoms with Gasteiger partial charge in [0.25, 0.3) is 0 Å². The summed E-state index contributed by atoms with van der Waals surface area (Å²) in [4.78, 5) is 23.3. The summed E-state index contributed by atoms with van der Waals surface area (Å²) in [6.45, 7) is 4.34. The van der Waals surface area contributed by atoms with Gasteiger partial charge in [-0.3, -0.25) is 4.79 Å². The van der Waals surface area contributed by atoms with Gasteiger partial charge in [-0.1, -0.05) is 13.8 Å². The van der Waals surface area contributed by atoms with Crippen molar-refractivity contribution in [3.8, 4) is 28.4 Å². The monoisotopic (exact) mass is 422 g/mol. The summed E-state index contributed by atoms with van der Waals surface area (Å²) in [6.07, 6.45) is 0. The molecule has 8 heteroatoms. The highest BCUT2D eigenvalue weighted by Crippen LogP contribution is 2.27. The van der Waals surface area contributed by atoms with Crippen LogP contribution in [0, 0.1) is 5.92 Å². The SMILES string of the molecule is COc1ccc(-n2nc(C(=O)C(C)C)cc2-c2ccc(OCCNC(N)=O)cc2)cc1. The zero-order chi connectivity index (χ0) is 22.4. The van der Waals surface area contributed by atoms with Gasteiger partial charge >= 0.3 is 6.03 Å². The average Bonchev–Trinajstić information content (AvgIpc) is 3.21. The maximum atomic E-state index is 12.6. The molecule has 31 heavy (non-hydrogen) atoms. The number of rotatable bonds is 9. The number of hydrogen-bond donors (Lipinski definition) is 2. The highest BCUT2D eigenvalue weighted by atomic mass is 16.5. The first-order chi connectivity index (χ1) is 14.9. The number of urea groups is 1. The number of aromatic nitrogens is 2. The minimum absolute atomic E-state index is 0.0181. The molecule has 0 spiro atoms. The number of nitrogens with one attached hydrogen (secondary N) is 1. The maximum absolute atomic E-state index is 12.6. The Morgan fingerprint density at radius 1 is 1.06 bits per heavy atom. The first-order valence-corrected chi connectivity index (χ1v) is 9.94. The fourth-order valence-electron chi connectivity index (χ4n) is 2.99. The maximum Gasteiger partial charge on any atom is 0.312 e. The minimum Gasteiger partial charge on any atom is -0.497 e. The second kappa shape index (κ2) is 9.80. The van der Waals surface area contributed by atoms with Crippen LogP contribution in [0.3, 0.4) is 0 Å². The molecule has 3 N–H and O–H groups in total. The first-order valence-electron chi connectivity index (χ1n) is 9.94. The quantitative estimate of drug-likeness (QED) is 0.406. The standard InChI is InChI=1S/C23H26N4O4/c1-15(2)22(28)20-14-21(27(26-20)17-6-10-18(30-3)11-7-17)16-4-8-19(9-5-16)31-13-12-25-23(24)29/h4-11,14-15H,12-13H2,1-3H3,(H3,24,25,29). The average molecular weight is 422 g/mol. The Labute approximate surface area is 181 Å². The van der Waals surface area contributed by atoms with Gasteiger partial charge in [0.2, 0.25) is 0 Å². The van der Waals surface area contributed by atoms with E-state index in [1.807, 2.05) is 62.4 Å². The molecule has 162 valence electrons. The number of primary amides is 1. The number of carbonyl (C=O) groups excluding carboxylic acids is 2. The predicted octanol–water partition coefficient (Wildman–Crippen LogP) is 3.43. The van der Waals surface area contributed by atoms with E-state index in [0.717, 1.165) is 22.7 Å². The van der Waals surface area contributed by atoms with Crippen molar-refractivity contribution in [1.82, 2.24) is 15.1 Å². The Hall–Kier alpha value is -3.81. The lowest BCUT2D eigenvalue weighted by Crippen LogP contribution is -2.32. The van der Waals surface area contributed by atoms with Crippen LogP contribution in [-0.4, -0.2) is 41.9 Å². The van der Waals surface area contributed by atoms with Crippen LogP contribution in [0.2, 0.25) is 0 Å². The summed E-state index contributed by atoms with van der Waals surface area (Å²) in [7, 11) is 1.61. The number of amides is 2. The van der Waals surface area contributed by atoms with Gasteiger partial charge in [-0.25, -0.2) is 9.48 Å². The molecular formula is C23H26N4O4. The van der Waals surface area contributed by atoms with Crippen LogP contribution in [0.4, 0.5) is 4.79 Å². The van der Waals surface area contributed by atoms with Gasteiger partial charge in [0.1, 0.15) is 23.8 Å². The molecule has 0 saturated heterocycles. The molecule has 1 aromatic heterocycles. The number of ether oxygens (including phenoxy) is 2. The molecule has 0 aliphatic carbocycles. The van der Waals surface area contributed by atoms with Crippen LogP contribution in [0.5, 0.6) is 11.5 Å². The van der Waals surface area contributed by atoms with Gasteiger partial charge in [0.15, 0.2) is 5.78 Å². The van der Waals surface area contributed by atoms with Gasteiger partial charge in [-0.05, 0) is 54.6 Å². The summed E-state index contributed by atoms with van der Waals surface area (Å²) in [6, 6.07) is 16.2. The highest BCUT2D eigenvalue weighted by Gasteiger charge is 2.19. The molecule has 2 amide bonds. The zero-order valence-electron chi connectivity index (χ0n) is 17.8. The van der Waals surface area contributed by atoms with Crippen LogP contribution in [0.1, 0.15) is 24.3 Å². The van der Waals surface area contributed by atoms with Crippen molar-refractivity contribution in [3.05, 3.63) is 60.3 Å². The van der Waals surface area contributed by atoms with E-state index in [1.165, 1.54) is 0 Å². The van der Waals surface area contributed by atoms with Crippen molar-refractivity contribution >= 4 is 11.8 Å². The number of methoxy groups -OCH3 is 1. The van der Waals surface area contributed by atoms with E-state index in [1.54, 1.807) is 17.9 Å². The molecular weight excluding hydrogens is 396 g/mol. The fraction of sp³-hybridized carbons (Fsp3) is 0.261. The number of nitrogens with zero attached hydrogens (tertiary/aromatic N) is 2. The smallest absolute Gasteiger partial charge is 0.312 e. The van der Waals surface area contributed by atoms with Crippen molar-refractivity contribution in [1.29, 1.82) is 0 Å². The molecule has 0 fully saturated rings. The van der Waals surface area contributed by atoms with Crippen LogP contribution in [0.25, 0.3) is 16.9 Å². The lowest BCUT2D eigenvalue weighted by atomic mass is 10.1. The minimum atomic E-state index is -0.586. The van der Waals surface area contributed by atoms with Gasteiger partial charge in [-0.2, -0.15) is 5.10 Å². The molecule has 0 bridgehead atoms. The second-order valence-electron chi connectivity index (χ2n) is 7.21. The fourth-order valence-corrected chi connectivity index (χ4v) is 2.99. The van der Waals surface area contributed by atoms with Gasteiger partial charge < -0.3 is 20.5 Å². The van der Waals surface area contributed by atoms with E-state index in [-0.39, 0.29) is 11.7 Å². The summed E-state index contributed by atoms with van der Waals surface area (Å²) >= 11 is 0. The van der Waals surface area contributed by atoms with E-state index < -0.39 is 6.03 Å². The Morgan fingerprint density at radius 2 is 1.71 bits per heavy atom. The number of carbonyl (C=O) groups is 2. The van der Waals surface area contributed by atoms with E-state index in [9.17, 15) is 9.59 Å². The van der Waals surface area contributed by atoms with E-state index in [4.69, 9.17) is 15.2 Å². The van der Waals surface area contributed by atoms with E-state index >= 15 is 0 Å². The Balaban J connectivity index is 1.89. The predicted molar refractivity (Wildman–Crippen MR) is 118 cm³/mol. The molecule has 3 aromatic rings. The molecule has 0 unspecified atom stereocenters. The van der Waals surface area contributed by atoms with E-state index in [0.29, 0.717) is 24.6 Å². The topological polar surface area (TPSA) is 108 Å². The number of nitrogens with two attached hydrogens (primary N) is 1. The van der Waals surface area contributed by atoms with Crippen LogP contribution in [-0.2, 0) is 0 Å². The molecule has 0 saturated carbocycles. The van der Waals surface area contributed by atoms with Gasteiger partial charge in [0.05, 0.1) is 25.0 Å². The van der Waals surface area contributed by atoms with Crippen molar-refractivity contribution < 1.29 is 19.1 Å². The third kappa shape index (κ3) is 5.42. The largest absolute Gasteiger partial charge is 0.497 e. The zero-order valence-corrected chi connectivity index (χ0v) is 17.8. The molecule has 2 aromatic carbocycles. The van der Waals surface area contributed by atoms with E-state index in [2.05, 4.69) is 10.4 Å². The number of benzene rings is 2. The lowest BCUT2D eigenvalue weighted by Gasteiger charge is -2.10. The molecule has 0 aliphatic rings. The van der Waals surface area contributed by atoms with Crippen molar-refractivity contribution in [2.24, 2.45) is 11.7 Å². The first kappa shape index (κ1) is 21.9. The second-order valence-corrected chi connectivity index (χ2v) is 7.21. The molecule has 1 heterocycles. The van der Waals surface area contributed by atoms with Crippen molar-refractivity contribution in [2.45, 2.75) is 13.8 Å². The molecule has 3 rings (SSSR count). The summed E-state index contributed by atoms with van der Waals surface area (Å²) < 4.78 is 12.6. The third-order valence-corrected chi connectivity index (χ3v) is 4.62. The van der Waals surface area contributed by atoms with Gasteiger partial charge in [-0.15, -0.1) is 0 Å². The molecule has 0 atom stereocenters. The molecule has 0 aliphatic heterocycles. The summed E-state index contributed by atoms with van der Waals surface area (Å²) in [5.41, 5.74) is 7.93. The molecule has 8 nitrogen and oxygen atoms in total. The Kier molecular flexibility index (Phi) is 6.92. The number of hydrogen-bond acceptors (Lipinski definition) is 5. The third-order valence-electron chi connectivity index (χ3n) is 4.62. The van der Waals surface area contributed by atoms with Crippen LogP contribution < -0.4 is 20.5 Å². The van der Waals surface area contributed by atoms with Crippen molar-refractivity contribution in [2.75, 3.05) is 20.3 Å². The van der Waals surface area contributed by atoms with Gasteiger partial charge in [0, 0.05) is 11.5 Å². The van der Waals surface area contributed by atoms with Crippen LogP contribution >= 0.6 is 0 Å². The normalized spacial score (nSPS) is 10.7. The number of ketones is 1. The van der Waals surface area contributed by atoms with Crippen molar-refractivity contribution in [3.63, 3.8) is 0 Å². The number of Topliss-reactive ketones (excluding diaryl/α,β-unsaturated/α-hetero) is 1. The lowest BCUT2D eigenvalue weighted by molar-refractivity contribution is 0.0934. The summed E-state index contributed by atoms with van der Waals surface area (Å²) in [5, 5.41) is 7.05. The summed E-state index contributed by atoms with van der Waals surface area (Å²) in [5.74, 6) is 1.22.